The lowest BCUT2D eigenvalue weighted by Gasteiger charge is -2.27. The summed E-state index contributed by atoms with van der Waals surface area (Å²) in [6.07, 6.45) is 0.449. The van der Waals surface area contributed by atoms with E-state index in [1.165, 1.54) is 7.11 Å². The number of ether oxygens (including phenoxy) is 1. The largest absolute Gasteiger partial charge is 0.479 e. The SMILES string of the molecule is CCC(C)(OC)C(=O)NCC(C)(O)C(=O)O. The first kappa shape index (κ1) is 14.9. The molecule has 0 heterocycles. The van der Waals surface area contributed by atoms with Crippen molar-refractivity contribution in [1.29, 1.82) is 0 Å². The summed E-state index contributed by atoms with van der Waals surface area (Å²) in [7, 11) is 1.40. The Hall–Kier alpha value is -1.14. The highest BCUT2D eigenvalue weighted by Gasteiger charge is 2.35. The van der Waals surface area contributed by atoms with Gasteiger partial charge in [-0.2, -0.15) is 0 Å². The molecule has 0 aromatic carbocycles. The molecule has 2 unspecified atom stereocenters. The summed E-state index contributed by atoms with van der Waals surface area (Å²) in [5.74, 6) is -1.83. The first-order valence-corrected chi connectivity index (χ1v) is 4.99. The Morgan fingerprint density at radius 1 is 1.38 bits per heavy atom. The molecule has 0 aromatic rings. The van der Waals surface area contributed by atoms with E-state index in [1.807, 2.05) is 0 Å². The number of aliphatic hydroxyl groups is 1. The van der Waals surface area contributed by atoms with E-state index in [-0.39, 0.29) is 6.54 Å². The highest BCUT2D eigenvalue weighted by atomic mass is 16.5. The predicted octanol–water partition coefficient (Wildman–Crippen LogP) is -0.247. The van der Waals surface area contributed by atoms with Crippen LogP contribution in [0.25, 0.3) is 0 Å². The van der Waals surface area contributed by atoms with Crippen LogP contribution in [-0.4, -0.2) is 46.9 Å². The monoisotopic (exact) mass is 233 g/mol. The van der Waals surface area contributed by atoms with Crippen molar-refractivity contribution in [3.63, 3.8) is 0 Å². The topological polar surface area (TPSA) is 95.9 Å². The zero-order valence-electron chi connectivity index (χ0n) is 10.0. The predicted molar refractivity (Wildman–Crippen MR) is 57.0 cm³/mol. The third-order valence-corrected chi connectivity index (χ3v) is 2.66. The van der Waals surface area contributed by atoms with E-state index in [2.05, 4.69) is 5.32 Å². The second-order valence-electron chi connectivity index (χ2n) is 4.05. The standard InChI is InChI=1S/C10H19NO5/c1-5-10(3,16-4)7(12)11-6-9(2,15)8(13)14/h15H,5-6H2,1-4H3,(H,11,12)(H,13,14). The van der Waals surface area contributed by atoms with Gasteiger partial charge < -0.3 is 20.3 Å². The molecule has 0 fully saturated rings. The number of aliphatic carboxylic acids is 1. The lowest BCUT2D eigenvalue weighted by atomic mass is 10.0. The summed E-state index contributed by atoms with van der Waals surface area (Å²) in [6, 6.07) is 0. The fourth-order valence-electron chi connectivity index (χ4n) is 0.913. The van der Waals surface area contributed by atoms with E-state index < -0.39 is 23.1 Å². The number of carboxylic acid groups (broad SMARTS) is 1. The molecular formula is C10H19NO5. The van der Waals surface area contributed by atoms with Crippen molar-refractivity contribution in [3.8, 4) is 0 Å². The molecule has 16 heavy (non-hydrogen) atoms. The van der Waals surface area contributed by atoms with Gasteiger partial charge in [-0.05, 0) is 20.3 Å². The summed E-state index contributed by atoms with van der Waals surface area (Å²) < 4.78 is 5.03. The van der Waals surface area contributed by atoms with Crippen LogP contribution in [0.2, 0.25) is 0 Å². The molecule has 1 amide bonds. The van der Waals surface area contributed by atoms with E-state index in [4.69, 9.17) is 9.84 Å². The fourth-order valence-corrected chi connectivity index (χ4v) is 0.913. The molecule has 0 aliphatic carbocycles. The van der Waals surface area contributed by atoms with E-state index in [1.54, 1.807) is 13.8 Å². The number of amides is 1. The van der Waals surface area contributed by atoms with Crippen LogP contribution in [0.3, 0.4) is 0 Å². The van der Waals surface area contributed by atoms with Crippen LogP contribution in [0, 0.1) is 0 Å². The number of hydrogen-bond acceptors (Lipinski definition) is 4. The van der Waals surface area contributed by atoms with Crippen molar-refractivity contribution in [3.05, 3.63) is 0 Å². The molecule has 2 atom stereocenters. The zero-order valence-corrected chi connectivity index (χ0v) is 10.0. The number of hydrogen-bond donors (Lipinski definition) is 3. The molecular weight excluding hydrogens is 214 g/mol. The number of nitrogens with one attached hydrogen (secondary N) is 1. The second-order valence-corrected chi connectivity index (χ2v) is 4.05. The summed E-state index contributed by atoms with van der Waals surface area (Å²) in [5.41, 5.74) is -2.98. The Labute approximate surface area is 94.6 Å². The van der Waals surface area contributed by atoms with Crippen molar-refractivity contribution in [2.45, 2.75) is 38.4 Å². The number of carbonyl (C=O) groups is 2. The van der Waals surface area contributed by atoms with Crippen molar-refractivity contribution in [1.82, 2.24) is 5.32 Å². The Bertz CT molecular complexity index is 270. The molecule has 0 spiro atoms. The van der Waals surface area contributed by atoms with Gasteiger partial charge >= 0.3 is 5.97 Å². The van der Waals surface area contributed by atoms with Gasteiger partial charge in [-0.25, -0.2) is 4.79 Å². The van der Waals surface area contributed by atoms with Gasteiger partial charge in [0.1, 0.15) is 5.60 Å². The molecule has 0 aliphatic rings. The quantitative estimate of drug-likeness (QED) is 0.588. The molecule has 0 saturated carbocycles. The van der Waals surface area contributed by atoms with E-state index in [0.717, 1.165) is 6.92 Å². The highest BCUT2D eigenvalue weighted by molar-refractivity contribution is 5.86. The Morgan fingerprint density at radius 2 is 1.88 bits per heavy atom. The lowest BCUT2D eigenvalue weighted by molar-refractivity contribution is -0.157. The second kappa shape index (κ2) is 5.27. The molecule has 0 aliphatic heterocycles. The van der Waals surface area contributed by atoms with Gasteiger partial charge in [-0.15, -0.1) is 0 Å². The average molecular weight is 233 g/mol. The molecule has 94 valence electrons. The molecule has 0 aromatic heterocycles. The van der Waals surface area contributed by atoms with E-state index in [0.29, 0.717) is 6.42 Å². The van der Waals surface area contributed by atoms with Crippen LogP contribution in [-0.2, 0) is 14.3 Å². The van der Waals surface area contributed by atoms with Crippen LogP contribution < -0.4 is 5.32 Å². The first-order valence-electron chi connectivity index (χ1n) is 4.99. The third-order valence-electron chi connectivity index (χ3n) is 2.66. The summed E-state index contributed by atoms with van der Waals surface area (Å²) >= 11 is 0. The number of carboxylic acids is 1. The lowest BCUT2D eigenvalue weighted by Crippen LogP contribution is -2.52. The number of carbonyl (C=O) groups excluding carboxylic acids is 1. The van der Waals surface area contributed by atoms with Crippen LogP contribution in [0.5, 0.6) is 0 Å². The fraction of sp³-hybridized carbons (Fsp3) is 0.800. The van der Waals surface area contributed by atoms with Crippen LogP contribution >= 0.6 is 0 Å². The highest BCUT2D eigenvalue weighted by Crippen LogP contribution is 2.14. The van der Waals surface area contributed by atoms with Crippen molar-refractivity contribution >= 4 is 11.9 Å². The van der Waals surface area contributed by atoms with Crippen LogP contribution in [0.4, 0.5) is 0 Å². The normalized spacial score (nSPS) is 18.3. The van der Waals surface area contributed by atoms with Gasteiger partial charge in [-0.3, -0.25) is 4.79 Å². The van der Waals surface area contributed by atoms with Crippen LogP contribution in [0.1, 0.15) is 27.2 Å². The van der Waals surface area contributed by atoms with Crippen molar-refractivity contribution in [2.24, 2.45) is 0 Å². The molecule has 6 nitrogen and oxygen atoms in total. The van der Waals surface area contributed by atoms with Crippen LogP contribution in [0.15, 0.2) is 0 Å². The molecule has 3 N–H and O–H groups in total. The van der Waals surface area contributed by atoms with Gasteiger partial charge in [0.25, 0.3) is 5.91 Å². The van der Waals surface area contributed by atoms with E-state index in [9.17, 15) is 14.7 Å². The van der Waals surface area contributed by atoms with E-state index >= 15 is 0 Å². The van der Waals surface area contributed by atoms with Crippen molar-refractivity contribution in [2.75, 3.05) is 13.7 Å². The Kier molecular flexibility index (Phi) is 4.89. The summed E-state index contributed by atoms with van der Waals surface area (Å²) in [4.78, 5) is 22.2. The van der Waals surface area contributed by atoms with Gasteiger partial charge in [0.15, 0.2) is 5.60 Å². The zero-order chi connectivity index (χ0) is 13.0. The average Bonchev–Trinajstić information content (AvgIpc) is 2.24. The maximum atomic E-state index is 11.7. The molecule has 6 heteroatoms. The minimum absolute atomic E-state index is 0.361. The maximum absolute atomic E-state index is 11.7. The minimum atomic E-state index is -1.97. The van der Waals surface area contributed by atoms with Gasteiger partial charge in [0, 0.05) is 7.11 Å². The molecule has 0 saturated heterocycles. The Balaban J connectivity index is 4.43. The van der Waals surface area contributed by atoms with Gasteiger partial charge in [0.2, 0.25) is 0 Å². The molecule has 0 rings (SSSR count). The summed E-state index contributed by atoms with van der Waals surface area (Å²) in [6.45, 7) is 4.13. The number of methoxy groups -OCH3 is 1. The first-order chi connectivity index (χ1) is 7.19. The molecule has 0 radical (unpaired) electrons. The Morgan fingerprint density at radius 3 is 2.19 bits per heavy atom. The van der Waals surface area contributed by atoms with Gasteiger partial charge in [-0.1, -0.05) is 6.92 Å². The van der Waals surface area contributed by atoms with Crippen molar-refractivity contribution < 1.29 is 24.5 Å². The molecule has 0 bridgehead atoms. The smallest absolute Gasteiger partial charge is 0.337 e. The maximum Gasteiger partial charge on any atom is 0.337 e. The third kappa shape index (κ3) is 3.46. The number of rotatable bonds is 6. The van der Waals surface area contributed by atoms with Gasteiger partial charge in [0.05, 0.1) is 6.54 Å². The minimum Gasteiger partial charge on any atom is -0.479 e. The summed E-state index contributed by atoms with van der Waals surface area (Å²) in [5, 5.41) is 20.4.